The summed E-state index contributed by atoms with van der Waals surface area (Å²) >= 11 is 1.49. The molecule has 1 aliphatic carbocycles. The molecule has 5 nitrogen and oxygen atoms in total. The lowest BCUT2D eigenvalue weighted by atomic mass is 10.1. The van der Waals surface area contributed by atoms with E-state index in [1.54, 1.807) is 6.26 Å². The molecule has 0 radical (unpaired) electrons. The summed E-state index contributed by atoms with van der Waals surface area (Å²) in [6, 6.07) is 14.6. The van der Waals surface area contributed by atoms with Gasteiger partial charge in [-0.25, -0.2) is 0 Å². The Bertz CT molecular complexity index is 904. The van der Waals surface area contributed by atoms with Crippen LogP contribution in [0.5, 0.6) is 0 Å². The van der Waals surface area contributed by atoms with Crippen molar-refractivity contribution in [3.05, 3.63) is 65.4 Å². The van der Waals surface area contributed by atoms with Gasteiger partial charge >= 0.3 is 0 Å². The SMILES string of the molecule is Cc1ccc(C[C@H](C#N)Sc2nnc(C3CC3)n2Cc2ccco2)cc1. The predicted octanol–water partition coefficient (Wildman–Crippen LogP) is 4.33. The van der Waals surface area contributed by atoms with E-state index in [1.165, 1.54) is 17.3 Å². The number of rotatable bonds is 7. The molecule has 0 spiro atoms. The highest BCUT2D eigenvalue weighted by Gasteiger charge is 2.31. The van der Waals surface area contributed by atoms with E-state index >= 15 is 0 Å². The molecule has 1 fully saturated rings. The minimum atomic E-state index is -0.204. The molecule has 2 aromatic heterocycles. The van der Waals surface area contributed by atoms with Crippen molar-refractivity contribution < 1.29 is 4.42 Å². The van der Waals surface area contributed by atoms with Crippen LogP contribution in [0.25, 0.3) is 0 Å². The minimum absolute atomic E-state index is 0.204. The number of aryl methyl sites for hydroxylation is 1. The minimum Gasteiger partial charge on any atom is -0.467 e. The van der Waals surface area contributed by atoms with Crippen LogP contribution in [0.1, 0.15) is 41.5 Å². The van der Waals surface area contributed by atoms with Gasteiger partial charge in [-0.1, -0.05) is 41.6 Å². The van der Waals surface area contributed by atoms with Crippen LogP contribution in [-0.2, 0) is 13.0 Å². The molecule has 2 heterocycles. The molecule has 0 unspecified atom stereocenters. The summed E-state index contributed by atoms with van der Waals surface area (Å²) in [6.45, 7) is 2.67. The number of hydrogen-bond donors (Lipinski definition) is 0. The second-order valence-electron chi connectivity index (χ2n) is 6.71. The number of benzene rings is 1. The number of thioether (sulfide) groups is 1. The van der Waals surface area contributed by atoms with Crippen LogP contribution < -0.4 is 0 Å². The van der Waals surface area contributed by atoms with Crippen molar-refractivity contribution in [1.82, 2.24) is 14.8 Å². The van der Waals surface area contributed by atoms with E-state index in [9.17, 15) is 5.26 Å². The summed E-state index contributed by atoms with van der Waals surface area (Å²) in [5, 5.41) is 19.0. The van der Waals surface area contributed by atoms with Crippen LogP contribution in [0, 0.1) is 18.3 Å². The van der Waals surface area contributed by atoms with Gasteiger partial charge in [0.25, 0.3) is 0 Å². The van der Waals surface area contributed by atoms with E-state index in [0.717, 1.165) is 35.1 Å². The highest BCUT2D eigenvalue weighted by atomic mass is 32.2. The quantitative estimate of drug-likeness (QED) is 0.584. The van der Waals surface area contributed by atoms with Gasteiger partial charge in [0.05, 0.1) is 18.9 Å². The highest BCUT2D eigenvalue weighted by Crippen LogP contribution is 2.40. The van der Waals surface area contributed by atoms with Crippen molar-refractivity contribution >= 4 is 11.8 Å². The first-order valence-electron chi connectivity index (χ1n) is 8.80. The maximum absolute atomic E-state index is 9.63. The Morgan fingerprint density at radius 1 is 1.27 bits per heavy atom. The average Bonchev–Trinajstić information content (AvgIpc) is 3.22. The molecule has 132 valence electrons. The highest BCUT2D eigenvalue weighted by molar-refractivity contribution is 8.00. The normalized spacial score (nSPS) is 14.9. The number of aromatic nitrogens is 3. The van der Waals surface area contributed by atoms with Crippen molar-refractivity contribution in [2.75, 3.05) is 0 Å². The van der Waals surface area contributed by atoms with Crippen LogP contribution in [0.2, 0.25) is 0 Å². The fourth-order valence-electron chi connectivity index (χ4n) is 2.92. The maximum atomic E-state index is 9.63. The van der Waals surface area contributed by atoms with Gasteiger partial charge in [-0.2, -0.15) is 5.26 Å². The zero-order valence-electron chi connectivity index (χ0n) is 14.6. The zero-order valence-corrected chi connectivity index (χ0v) is 15.4. The Morgan fingerprint density at radius 3 is 2.73 bits per heavy atom. The summed E-state index contributed by atoms with van der Waals surface area (Å²) in [6.07, 6.45) is 4.69. The Hall–Kier alpha value is -2.52. The molecule has 0 bridgehead atoms. The van der Waals surface area contributed by atoms with Gasteiger partial charge in [0, 0.05) is 5.92 Å². The average molecular weight is 364 g/mol. The summed E-state index contributed by atoms with van der Waals surface area (Å²) in [5.74, 6) is 2.38. The van der Waals surface area contributed by atoms with E-state index in [-0.39, 0.29) is 5.25 Å². The number of nitriles is 1. The van der Waals surface area contributed by atoms with Crippen molar-refractivity contribution in [3.8, 4) is 6.07 Å². The van der Waals surface area contributed by atoms with Crippen molar-refractivity contribution in [1.29, 1.82) is 5.26 Å². The smallest absolute Gasteiger partial charge is 0.192 e. The fourth-order valence-corrected chi connectivity index (χ4v) is 3.87. The van der Waals surface area contributed by atoms with Gasteiger partial charge in [0.1, 0.15) is 16.8 Å². The van der Waals surface area contributed by atoms with Gasteiger partial charge in [-0.15, -0.1) is 10.2 Å². The van der Waals surface area contributed by atoms with Crippen LogP contribution in [0.4, 0.5) is 0 Å². The molecule has 4 rings (SSSR count). The maximum Gasteiger partial charge on any atom is 0.192 e. The van der Waals surface area contributed by atoms with E-state index in [1.807, 2.05) is 12.1 Å². The first-order valence-corrected chi connectivity index (χ1v) is 9.68. The molecule has 1 aliphatic rings. The lowest BCUT2D eigenvalue weighted by molar-refractivity contribution is 0.478. The number of hydrogen-bond acceptors (Lipinski definition) is 5. The predicted molar refractivity (Wildman–Crippen MR) is 99.9 cm³/mol. The third kappa shape index (κ3) is 3.83. The molecule has 6 heteroatoms. The molecule has 1 aromatic carbocycles. The lowest BCUT2D eigenvalue weighted by Crippen LogP contribution is -2.09. The van der Waals surface area contributed by atoms with E-state index in [2.05, 4.69) is 52.0 Å². The molecule has 0 saturated heterocycles. The third-order valence-corrected chi connectivity index (χ3v) is 5.58. The standard InChI is InChI=1S/C20H20N4OS/c1-14-4-6-15(7-5-14)11-18(12-21)26-20-23-22-19(16-8-9-16)24(20)13-17-3-2-10-25-17/h2-7,10,16,18H,8-9,11,13H2,1H3/t18-/m1/s1. The molecule has 26 heavy (non-hydrogen) atoms. The molecule has 0 N–H and O–H groups in total. The zero-order chi connectivity index (χ0) is 17.9. The molecular formula is C20H20N4OS. The van der Waals surface area contributed by atoms with Gasteiger partial charge in [0.2, 0.25) is 0 Å². The Labute approximate surface area is 157 Å². The summed E-state index contributed by atoms with van der Waals surface area (Å²) in [4.78, 5) is 0. The Kier molecular flexibility index (Phi) is 4.81. The Morgan fingerprint density at radius 2 is 2.08 bits per heavy atom. The fraction of sp³-hybridized carbons (Fsp3) is 0.350. The Balaban J connectivity index is 1.54. The van der Waals surface area contributed by atoms with Crippen molar-refractivity contribution in [2.45, 2.75) is 49.1 Å². The van der Waals surface area contributed by atoms with Crippen LogP contribution in [0.3, 0.4) is 0 Å². The van der Waals surface area contributed by atoms with Crippen LogP contribution >= 0.6 is 11.8 Å². The molecular weight excluding hydrogens is 344 g/mol. The third-order valence-electron chi connectivity index (χ3n) is 4.52. The molecule has 1 atom stereocenters. The first-order chi connectivity index (χ1) is 12.7. The first kappa shape index (κ1) is 16.9. The van der Waals surface area contributed by atoms with Gasteiger partial charge in [-0.05, 0) is 43.9 Å². The largest absolute Gasteiger partial charge is 0.467 e. The van der Waals surface area contributed by atoms with Gasteiger partial charge in [0.15, 0.2) is 5.16 Å². The van der Waals surface area contributed by atoms with Gasteiger partial charge in [-0.3, -0.25) is 4.57 Å². The second kappa shape index (κ2) is 7.38. The number of furan rings is 1. The summed E-state index contributed by atoms with van der Waals surface area (Å²) in [5.41, 5.74) is 2.39. The summed E-state index contributed by atoms with van der Waals surface area (Å²) < 4.78 is 7.62. The second-order valence-corrected chi connectivity index (χ2v) is 7.88. The van der Waals surface area contributed by atoms with Crippen molar-refractivity contribution in [2.24, 2.45) is 0 Å². The van der Waals surface area contributed by atoms with E-state index in [4.69, 9.17) is 4.42 Å². The van der Waals surface area contributed by atoms with E-state index in [0.29, 0.717) is 18.9 Å². The number of nitrogens with zero attached hydrogens (tertiary/aromatic N) is 4. The van der Waals surface area contributed by atoms with E-state index < -0.39 is 0 Å². The van der Waals surface area contributed by atoms with Crippen LogP contribution in [0.15, 0.2) is 52.2 Å². The molecule has 0 amide bonds. The topological polar surface area (TPSA) is 67.6 Å². The van der Waals surface area contributed by atoms with Crippen molar-refractivity contribution in [3.63, 3.8) is 0 Å². The summed E-state index contributed by atoms with van der Waals surface area (Å²) in [7, 11) is 0. The van der Waals surface area contributed by atoms with Crippen LogP contribution in [-0.4, -0.2) is 20.0 Å². The van der Waals surface area contributed by atoms with Gasteiger partial charge < -0.3 is 4.42 Å². The molecule has 1 saturated carbocycles. The molecule has 3 aromatic rings. The monoisotopic (exact) mass is 364 g/mol. The molecule has 0 aliphatic heterocycles. The lowest BCUT2D eigenvalue weighted by Gasteiger charge is -2.11.